The molecule has 1 unspecified atom stereocenters. The van der Waals surface area contributed by atoms with E-state index in [9.17, 15) is 4.79 Å². The number of hydrogen-bond acceptors (Lipinski definition) is 3. The Morgan fingerprint density at radius 1 is 1.44 bits per heavy atom. The minimum atomic E-state index is -0.381. The van der Waals surface area contributed by atoms with E-state index in [2.05, 4.69) is 17.1 Å². The van der Waals surface area contributed by atoms with E-state index in [0.29, 0.717) is 6.04 Å². The summed E-state index contributed by atoms with van der Waals surface area (Å²) in [5, 5.41) is 2.95. The molecular formula is C14H29N3O. The summed E-state index contributed by atoms with van der Waals surface area (Å²) in [5.74, 6) is 0.179. The minimum Gasteiger partial charge on any atom is -0.353 e. The number of carbonyl (C=O) groups is 1. The molecule has 1 aliphatic rings. The van der Waals surface area contributed by atoms with Crippen LogP contribution >= 0.6 is 0 Å². The Hall–Kier alpha value is -0.610. The first-order chi connectivity index (χ1) is 8.56. The third kappa shape index (κ3) is 4.58. The topological polar surface area (TPSA) is 58.4 Å². The van der Waals surface area contributed by atoms with Crippen LogP contribution in [0.3, 0.4) is 0 Å². The molecule has 1 rings (SSSR count). The van der Waals surface area contributed by atoms with Crippen molar-refractivity contribution in [3.8, 4) is 0 Å². The van der Waals surface area contributed by atoms with E-state index < -0.39 is 0 Å². The summed E-state index contributed by atoms with van der Waals surface area (Å²) in [7, 11) is 0. The largest absolute Gasteiger partial charge is 0.353 e. The third-order valence-corrected chi connectivity index (χ3v) is 3.94. The van der Waals surface area contributed by atoms with Crippen LogP contribution in [0.1, 0.15) is 46.5 Å². The van der Waals surface area contributed by atoms with Crippen molar-refractivity contribution in [2.75, 3.05) is 19.6 Å². The van der Waals surface area contributed by atoms with Crippen LogP contribution in [0.15, 0.2) is 0 Å². The van der Waals surface area contributed by atoms with E-state index in [1.165, 1.54) is 32.2 Å². The van der Waals surface area contributed by atoms with Crippen molar-refractivity contribution in [1.82, 2.24) is 10.2 Å². The monoisotopic (exact) mass is 255 g/mol. The summed E-state index contributed by atoms with van der Waals surface area (Å²) >= 11 is 0. The number of piperidine rings is 1. The molecule has 1 heterocycles. The highest BCUT2D eigenvalue weighted by Gasteiger charge is 2.21. The molecule has 0 radical (unpaired) electrons. The fourth-order valence-corrected chi connectivity index (χ4v) is 2.56. The lowest BCUT2D eigenvalue weighted by Gasteiger charge is -2.35. The number of carbonyl (C=O) groups excluding carboxylic acids is 1. The van der Waals surface area contributed by atoms with Gasteiger partial charge in [-0.25, -0.2) is 0 Å². The van der Waals surface area contributed by atoms with E-state index in [1.54, 1.807) is 0 Å². The summed E-state index contributed by atoms with van der Waals surface area (Å²) in [5.41, 5.74) is 5.81. The lowest BCUT2D eigenvalue weighted by Crippen LogP contribution is -2.48. The highest BCUT2D eigenvalue weighted by Crippen LogP contribution is 2.18. The average Bonchev–Trinajstić information content (AvgIpc) is 2.38. The second-order valence-corrected chi connectivity index (χ2v) is 5.65. The molecule has 1 saturated heterocycles. The van der Waals surface area contributed by atoms with Gasteiger partial charge in [-0.05, 0) is 31.7 Å². The van der Waals surface area contributed by atoms with Gasteiger partial charge in [-0.15, -0.1) is 0 Å². The third-order valence-electron chi connectivity index (χ3n) is 3.94. The van der Waals surface area contributed by atoms with Gasteiger partial charge in [-0.1, -0.05) is 27.2 Å². The molecule has 3 N–H and O–H groups in total. The van der Waals surface area contributed by atoms with Crippen molar-refractivity contribution >= 4 is 5.91 Å². The first-order valence-electron chi connectivity index (χ1n) is 7.33. The number of hydrogen-bond donors (Lipinski definition) is 2. The molecule has 4 nitrogen and oxygen atoms in total. The van der Waals surface area contributed by atoms with E-state index in [4.69, 9.17) is 5.73 Å². The van der Waals surface area contributed by atoms with Gasteiger partial charge >= 0.3 is 0 Å². The Bertz CT molecular complexity index is 255. The van der Waals surface area contributed by atoms with Gasteiger partial charge in [0, 0.05) is 19.1 Å². The average molecular weight is 255 g/mol. The zero-order chi connectivity index (χ0) is 13.5. The predicted octanol–water partition coefficient (Wildman–Crippen LogP) is 1.35. The molecule has 0 saturated carbocycles. The zero-order valence-electron chi connectivity index (χ0n) is 12.1. The summed E-state index contributed by atoms with van der Waals surface area (Å²) < 4.78 is 0. The molecule has 4 heteroatoms. The lowest BCUT2D eigenvalue weighted by molar-refractivity contribution is -0.123. The quantitative estimate of drug-likeness (QED) is 0.753. The number of likely N-dealkylation sites (tertiary alicyclic amines) is 1. The normalized spacial score (nSPS) is 23.1. The van der Waals surface area contributed by atoms with Gasteiger partial charge in [0.25, 0.3) is 0 Å². The summed E-state index contributed by atoms with van der Waals surface area (Å²) in [6.45, 7) is 9.04. The molecule has 1 fully saturated rings. The van der Waals surface area contributed by atoms with Crippen molar-refractivity contribution in [2.45, 2.75) is 58.5 Å². The smallest absolute Gasteiger partial charge is 0.237 e. The summed E-state index contributed by atoms with van der Waals surface area (Å²) in [4.78, 5) is 14.2. The second-order valence-electron chi connectivity index (χ2n) is 5.65. The molecule has 1 aliphatic heterocycles. The number of rotatable bonds is 6. The fraction of sp³-hybridized carbons (Fsp3) is 0.929. The standard InChI is InChI=1S/C14H29N3O/c1-4-12-7-5-6-9-17(12)10-8-16-14(18)13(15)11(2)3/h11-13H,4-10,15H2,1-3H3,(H,16,18)/t12?,13-/m0/s1. The Kier molecular flexibility index (Phi) is 6.65. The van der Waals surface area contributed by atoms with Crippen LogP contribution in [-0.2, 0) is 4.79 Å². The van der Waals surface area contributed by atoms with Gasteiger partial charge < -0.3 is 11.1 Å². The van der Waals surface area contributed by atoms with Crippen molar-refractivity contribution in [1.29, 1.82) is 0 Å². The molecule has 1 amide bonds. The van der Waals surface area contributed by atoms with E-state index in [1.807, 2.05) is 13.8 Å². The Labute approximate surface area is 111 Å². The second kappa shape index (κ2) is 7.74. The van der Waals surface area contributed by atoms with Crippen molar-refractivity contribution < 1.29 is 4.79 Å². The van der Waals surface area contributed by atoms with E-state index >= 15 is 0 Å². The van der Waals surface area contributed by atoms with E-state index in [-0.39, 0.29) is 17.9 Å². The van der Waals surface area contributed by atoms with Crippen LogP contribution in [-0.4, -0.2) is 42.5 Å². The highest BCUT2D eigenvalue weighted by atomic mass is 16.2. The molecule has 0 bridgehead atoms. The SMILES string of the molecule is CCC1CCCCN1CCNC(=O)[C@@H](N)C(C)C. The lowest BCUT2D eigenvalue weighted by atomic mass is 10.00. The summed E-state index contributed by atoms with van der Waals surface area (Å²) in [6, 6.07) is 0.322. The van der Waals surface area contributed by atoms with Gasteiger partial charge in [0.1, 0.15) is 0 Å². The first-order valence-corrected chi connectivity index (χ1v) is 7.33. The molecule has 2 atom stereocenters. The fourth-order valence-electron chi connectivity index (χ4n) is 2.56. The van der Waals surface area contributed by atoms with Crippen LogP contribution in [0.2, 0.25) is 0 Å². The predicted molar refractivity (Wildman–Crippen MR) is 75.3 cm³/mol. The van der Waals surface area contributed by atoms with E-state index in [0.717, 1.165) is 13.1 Å². The van der Waals surface area contributed by atoms with Crippen molar-refractivity contribution in [3.63, 3.8) is 0 Å². The van der Waals surface area contributed by atoms with Crippen molar-refractivity contribution in [2.24, 2.45) is 11.7 Å². The molecule has 0 spiro atoms. The van der Waals surface area contributed by atoms with Crippen LogP contribution in [0.5, 0.6) is 0 Å². The molecule has 0 aromatic heterocycles. The van der Waals surface area contributed by atoms with Gasteiger partial charge in [-0.2, -0.15) is 0 Å². The molecule has 0 aromatic rings. The molecule has 0 aromatic carbocycles. The Morgan fingerprint density at radius 2 is 2.17 bits per heavy atom. The van der Waals surface area contributed by atoms with Crippen LogP contribution in [0, 0.1) is 5.92 Å². The highest BCUT2D eigenvalue weighted by molar-refractivity contribution is 5.81. The van der Waals surface area contributed by atoms with Gasteiger partial charge in [0.15, 0.2) is 0 Å². The maximum absolute atomic E-state index is 11.7. The summed E-state index contributed by atoms with van der Waals surface area (Å²) in [6.07, 6.45) is 5.14. The molecule has 106 valence electrons. The van der Waals surface area contributed by atoms with Gasteiger partial charge in [0.05, 0.1) is 6.04 Å². The van der Waals surface area contributed by atoms with Gasteiger partial charge in [0.2, 0.25) is 5.91 Å². The Balaban J connectivity index is 2.26. The van der Waals surface area contributed by atoms with Gasteiger partial charge in [-0.3, -0.25) is 9.69 Å². The number of nitrogens with one attached hydrogen (secondary N) is 1. The number of nitrogens with zero attached hydrogens (tertiary/aromatic N) is 1. The number of amides is 1. The maximum atomic E-state index is 11.7. The molecular weight excluding hydrogens is 226 g/mol. The first kappa shape index (κ1) is 15.4. The minimum absolute atomic E-state index is 0.0185. The number of nitrogens with two attached hydrogens (primary N) is 1. The van der Waals surface area contributed by atoms with Crippen LogP contribution < -0.4 is 11.1 Å². The maximum Gasteiger partial charge on any atom is 0.237 e. The molecule has 0 aliphatic carbocycles. The van der Waals surface area contributed by atoms with Crippen LogP contribution in [0.25, 0.3) is 0 Å². The molecule has 18 heavy (non-hydrogen) atoms. The van der Waals surface area contributed by atoms with Crippen LogP contribution in [0.4, 0.5) is 0 Å². The Morgan fingerprint density at radius 3 is 2.78 bits per heavy atom. The van der Waals surface area contributed by atoms with Crippen molar-refractivity contribution in [3.05, 3.63) is 0 Å². The zero-order valence-corrected chi connectivity index (χ0v) is 12.1.